The summed E-state index contributed by atoms with van der Waals surface area (Å²) in [6.45, 7) is 0.854. The molecule has 0 spiro atoms. The van der Waals surface area contributed by atoms with Crippen molar-refractivity contribution in [2.45, 2.75) is 11.2 Å². The molecule has 1 heterocycles. The van der Waals surface area contributed by atoms with Crippen LogP contribution in [0.2, 0.25) is 0 Å². The lowest BCUT2D eigenvalue weighted by molar-refractivity contribution is 0.233. The SMILES string of the molecule is BrC1C=COCC1. The van der Waals surface area contributed by atoms with E-state index in [1.165, 1.54) is 0 Å². The van der Waals surface area contributed by atoms with Crippen LogP contribution in [-0.2, 0) is 4.74 Å². The van der Waals surface area contributed by atoms with Gasteiger partial charge in [0.2, 0.25) is 0 Å². The monoisotopic (exact) mass is 162 g/mol. The van der Waals surface area contributed by atoms with E-state index in [1.54, 1.807) is 6.26 Å². The van der Waals surface area contributed by atoms with Crippen molar-refractivity contribution in [1.82, 2.24) is 0 Å². The van der Waals surface area contributed by atoms with Crippen LogP contribution in [0, 0.1) is 0 Å². The molecule has 0 N–H and O–H groups in total. The molecule has 1 atom stereocenters. The van der Waals surface area contributed by atoms with Gasteiger partial charge < -0.3 is 4.74 Å². The first-order valence-electron chi connectivity index (χ1n) is 2.32. The van der Waals surface area contributed by atoms with Crippen LogP contribution in [0.3, 0.4) is 0 Å². The van der Waals surface area contributed by atoms with Gasteiger partial charge in [-0.15, -0.1) is 0 Å². The number of ether oxygens (including phenoxy) is 1. The van der Waals surface area contributed by atoms with Crippen LogP contribution in [0.15, 0.2) is 12.3 Å². The van der Waals surface area contributed by atoms with E-state index in [0.29, 0.717) is 4.83 Å². The van der Waals surface area contributed by atoms with Crippen molar-refractivity contribution in [2.75, 3.05) is 6.61 Å². The lowest BCUT2D eigenvalue weighted by atomic mass is 10.3. The zero-order valence-corrected chi connectivity index (χ0v) is 5.52. The summed E-state index contributed by atoms with van der Waals surface area (Å²) in [5, 5.41) is 0. The highest BCUT2D eigenvalue weighted by Crippen LogP contribution is 2.10. The second-order valence-corrected chi connectivity index (χ2v) is 2.68. The van der Waals surface area contributed by atoms with Gasteiger partial charge in [-0.25, -0.2) is 0 Å². The Kier molecular flexibility index (Phi) is 1.74. The van der Waals surface area contributed by atoms with Gasteiger partial charge in [0.15, 0.2) is 0 Å². The molecule has 0 aromatic heterocycles. The maximum atomic E-state index is 4.93. The van der Waals surface area contributed by atoms with E-state index in [-0.39, 0.29) is 0 Å². The molecule has 1 unspecified atom stereocenters. The predicted molar refractivity (Wildman–Crippen MR) is 32.4 cm³/mol. The second kappa shape index (κ2) is 2.36. The maximum absolute atomic E-state index is 4.93. The third-order valence-electron chi connectivity index (χ3n) is 0.895. The molecule has 1 aliphatic rings. The summed E-state index contributed by atoms with van der Waals surface area (Å²) in [4.78, 5) is 0.543. The van der Waals surface area contributed by atoms with Crippen molar-refractivity contribution in [2.24, 2.45) is 0 Å². The molecule has 7 heavy (non-hydrogen) atoms. The highest BCUT2D eigenvalue weighted by Gasteiger charge is 2.01. The van der Waals surface area contributed by atoms with Gasteiger partial charge in [-0.3, -0.25) is 0 Å². The third-order valence-corrected chi connectivity index (χ3v) is 1.66. The van der Waals surface area contributed by atoms with E-state index in [9.17, 15) is 0 Å². The zero-order chi connectivity index (χ0) is 5.11. The van der Waals surface area contributed by atoms with E-state index >= 15 is 0 Å². The fraction of sp³-hybridized carbons (Fsp3) is 0.600. The number of alkyl halides is 1. The number of hydrogen-bond donors (Lipinski definition) is 0. The Hall–Kier alpha value is 0.0200. The molecule has 0 radical (unpaired) electrons. The Morgan fingerprint density at radius 3 is 2.86 bits per heavy atom. The number of halogens is 1. The maximum Gasteiger partial charge on any atom is 0.0886 e. The molecule has 0 fully saturated rings. The molecule has 0 saturated heterocycles. The standard InChI is InChI=1S/C5H7BrO/c6-5-1-3-7-4-2-5/h1,3,5H,2,4H2. The van der Waals surface area contributed by atoms with Crippen molar-refractivity contribution in [3.8, 4) is 0 Å². The quantitative estimate of drug-likeness (QED) is 0.493. The average Bonchev–Trinajstić information content (AvgIpc) is 1.69. The van der Waals surface area contributed by atoms with Crippen molar-refractivity contribution in [1.29, 1.82) is 0 Å². The summed E-state index contributed by atoms with van der Waals surface area (Å²) in [6, 6.07) is 0. The van der Waals surface area contributed by atoms with Crippen LogP contribution in [0.25, 0.3) is 0 Å². The van der Waals surface area contributed by atoms with Crippen LogP contribution >= 0.6 is 15.9 Å². The van der Waals surface area contributed by atoms with E-state index in [4.69, 9.17) is 4.74 Å². The van der Waals surface area contributed by atoms with Gasteiger partial charge in [0.1, 0.15) is 0 Å². The molecule has 1 aliphatic heterocycles. The number of rotatable bonds is 0. The molecule has 1 rings (SSSR count). The van der Waals surface area contributed by atoms with Crippen molar-refractivity contribution in [3.05, 3.63) is 12.3 Å². The van der Waals surface area contributed by atoms with Crippen molar-refractivity contribution in [3.63, 3.8) is 0 Å². The highest BCUT2D eigenvalue weighted by atomic mass is 79.9. The van der Waals surface area contributed by atoms with Gasteiger partial charge in [-0.2, -0.15) is 0 Å². The predicted octanol–water partition coefficient (Wildman–Crippen LogP) is 1.68. The Balaban J connectivity index is 2.36. The topological polar surface area (TPSA) is 9.23 Å². The Bertz CT molecular complexity index is 80.1. The molecule has 0 aromatic rings. The molecule has 0 bridgehead atoms. The molecule has 2 heteroatoms. The summed E-state index contributed by atoms with van der Waals surface area (Å²) in [6.07, 6.45) is 4.84. The number of allylic oxidation sites excluding steroid dienone is 1. The minimum Gasteiger partial charge on any atom is -0.501 e. The van der Waals surface area contributed by atoms with Crippen molar-refractivity contribution < 1.29 is 4.74 Å². The Morgan fingerprint density at radius 1 is 1.71 bits per heavy atom. The van der Waals surface area contributed by atoms with Crippen LogP contribution in [0.5, 0.6) is 0 Å². The second-order valence-electron chi connectivity index (χ2n) is 1.50. The molecule has 0 aromatic carbocycles. The largest absolute Gasteiger partial charge is 0.501 e. The fourth-order valence-corrected chi connectivity index (χ4v) is 0.797. The van der Waals surface area contributed by atoms with Gasteiger partial charge in [0, 0.05) is 4.83 Å². The van der Waals surface area contributed by atoms with Crippen LogP contribution in [-0.4, -0.2) is 11.4 Å². The van der Waals surface area contributed by atoms with E-state index in [2.05, 4.69) is 15.9 Å². The summed E-state index contributed by atoms with van der Waals surface area (Å²) >= 11 is 3.42. The zero-order valence-electron chi connectivity index (χ0n) is 3.93. The van der Waals surface area contributed by atoms with Gasteiger partial charge in [-0.05, 0) is 12.5 Å². The summed E-state index contributed by atoms with van der Waals surface area (Å²) in [7, 11) is 0. The van der Waals surface area contributed by atoms with Gasteiger partial charge in [0.25, 0.3) is 0 Å². The van der Waals surface area contributed by atoms with Gasteiger partial charge in [-0.1, -0.05) is 15.9 Å². The summed E-state index contributed by atoms with van der Waals surface area (Å²) < 4.78 is 4.93. The Labute approximate surface area is 51.5 Å². The first-order chi connectivity index (χ1) is 3.39. The molecule has 1 nitrogen and oxygen atoms in total. The normalized spacial score (nSPS) is 29.6. The molecular formula is C5H7BrO. The average molecular weight is 163 g/mol. The summed E-state index contributed by atoms with van der Waals surface area (Å²) in [5.74, 6) is 0. The Morgan fingerprint density at radius 2 is 2.57 bits per heavy atom. The van der Waals surface area contributed by atoms with Crippen LogP contribution < -0.4 is 0 Å². The minimum absolute atomic E-state index is 0.543. The summed E-state index contributed by atoms with van der Waals surface area (Å²) in [5.41, 5.74) is 0. The first kappa shape index (κ1) is 5.16. The van der Waals surface area contributed by atoms with E-state index in [1.807, 2.05) is 6.08 Å². The lowest BCUT2D eigenvalue weighted by Gasteiger charge is -2.08. The minimum atomic E-state index is 0.543. The highest BCUT2D eigenvalue weighted by molar-refractivity contribution is 9.09. The van der Waals surface area contributed by atoms with E-state index < -0.39 is 0 Å². The van der Waals surface area contributed by atoms with E-state index in [0.717, 1.165) is 13.0 Å². The van der Waals surface area contributed by atoms with Crippen LogP contribution in [0.4, 0.5) is 0 Å². The van der Waals surface area contributed by atoms with Gasteiger partial charge >= 0.3 is 0 Å². The smallest absolute Gasteiger partial charge is 0.0886 e. The fourth-order valence-electron chi connectivity index (χ4n) is 0.486. The molecule has 0 amide bonds. The van der Waals surface area contributed by atoms with Gasteiger partial charge in [0.05, 0.1) is 12.9 Å². The van der Waals surface area contributed by atoms with Crippen molar-refractivity contribution >= 4 is 15.9 Å². The molecule has 40 valence electrons. The third kappa shape index (κ3) is 1.51. The molecule has 0 saturated carbocycles. The molecular weight excluding hydrogens is 156 g/mol. The van der Waals surface area contributed by atoms with Crippen LogP contribution in [0.1, 0.15) is 6.42 Å². The first-order valence-corrected chi connectivity index (χ1v) is 3.23. The molecule has 0 aliphatic carbocycles. The number of hydrogen-bond acceptors (Lipinski definition) is 1. The lowest BCUT2D eigenvalue weighted by Crippen LogP contribution is -2.03.